The Kier molecular flexibility index (Phi) is 8.26. The average molecular weight is 500 g/mol. The number of esters is 2. The van der Waals surface area contributed by atoms with E-state index in [0.29, 0.717) is 35.6 Å². The maximum absolute atomic E-state index is 13.0. The number of rotatable bonds is 9. The van der Waals surface area contributed by atoms with E-state index in [9.17, 15) is 9.59 Å². The van der Waals surface area contributed by atoms with E-state index >= 15 is 0 Å². The Morgan fingerprint density at radius 1 is 0.730 bits per heavy atom. The number of ether oxygens (including phenoxy) is 4. The van der Waals surface area contributed by atoms with Crippen LogP contribution in [0.2, 0.25) is 0 Å². The Bertz CT molecular complexity index is 1260. The molecule has 190 valence electrons. The standard InChI is InChI=1S/C30H29NO6/c1-34-23-15-13-21(14-16-23)17-31-18-25(29(32)35-2)28(26(19-31)30(33)36-3)24-11-7-8-12-27(24)37-20-22-9-5-4-6-10-22/h4-16,18-19,28H,17,20H2,1-3H3. The second-order valence-corrected chi connectivity index (χ2v) is 8.42. The molecule has 1 aliphatic heterocycles. The van der Waals surface area contributed by atoms with E-state index in [1.165, 1.54) is 14.2 Å². The quantitative estimate of drug-likeness (QED) is 0.384. The molecule has 0 aliphatic carbocycles. The molecule has 0 fully saturated rings. The zero-order valence-corrected chi connectivity index (χ0v) is 21.0. The average Bonchev–Trinajstić information content (AvgIpc) is 2.96. The van der Waals surface area contributed by atoms with Crippen molar-refractivity contribution < 1.29 is 28.5 Å². The van der Waals surface area contributed by atoms with E-state index in [-0.39, 0.29) is 0 Å². The number of benzene rings is 3. The van der Waals surface area contributed by atoms with Crippen LogP contribution in [0.4, 0.5) is 0 Å². The molecule has 0 aromatic heterocycles. The third-order valence-electron chi connectivity index (χ3n) is 6.07. The van der Waals surface area contributed by atoms with Crippen molar-refractivity contribution in [2.75, 3.05) is 21.3 Å². The van der Waals surface area contributed by atoms with E-state index in [2.05, 4.69) is 0 Å². The molecule has 0 bridgehead atoms. The second-order valence-electron chi connectivity index (χ2n) is 8.42. The molecule has 0 atom stereocenters. The Hall–Kier alpha value is -4.52. The van der Waals surface area contributed by atoms with Gasteiger partial charge in [0, 0.05) is 24.5 Å². The van der Waals surface area contributed by atoms with Gasteiger partial charge in [0.25, 0.3) is 0 Å². The first-order valence-corrected chi connectivity index (χ1v) is 11.8. The van der Waals surface area contributed by atoms with Gasteiger partial charge in [0.05, 0.1) is 38.4 Å². The summed E-state index contributed by atoms with van der Waals surface area (Å²) in [6.07, 6.45) is 3.42. The fraction of sp³-hybridized carbons (Fsp3) is 0.200. The van der Waals surface area contributed by atoms with Crippen molar-refractivity contribution in [3.8, 4) is 11.5 Å². The lowest BCUT2D eigenvalue weighted by Crippen LogP contribution is -2.29. The summed E-state index contributed by atoms with van der Waals surface area (Å²) in [6.45, 7) is 0.757. The summed E-state index contributed by atoms with van der Waals surface area (Å²) in [5, 5.41) is 0. The number of nitrogens with zero attached hydrogens (tertiary/aromatic N) is 1. The fourth-order valence-electron chi connectivity index (χ4n) is 4.24. The zero-order valence-electron chi connectivity index (χ0n) is 21.0. The van der Waals surface area contributed by atoms with Gasteiger partial charge in [-0.05, 0) is 29.3 Å². The van der Waals surface area contributed by atoms with Gasteiger partial charge in [-0.1, -0.05) is 60.7 Å². The van der Waals surface area contributed by atoms with Crippen LogP contribution >= 0.6 is 0 Å². The molecule has 0 N–H and O–H groups in total. The summed E-state index contributed by atoms with van der Waals surface area (Å²) in [4.78, 5) is 27.8. The number of carbonyl (C=O) groups excluding carboxylic acids is 2. The Labute approximate surface area is 216 Å². The van der Waals surface area contributed by atoms with Crippen LogP contribution in [0.25, 0.3) is 0 Å². The molecule has 1 heterocycles. The summed E-state index contributed by atoms with van der Waals surface area (Å²) >= 11 is 0. The molecule has 0 spiro atoms. The largest absolute Gasteiger partial charge is 0.497 e. The smallest absolute Gasteiger partial charge is 0.336 e. The third-order valence-corrected chi connectivity index (χ3v) is 6.07. The van der Waals surface area contributed by atoms with Crippen LogP contribution in [-0.4, -0.2) is 38.2 Å². The monoisotopic (exact) mass is 499 g/mol. The first-order chi connectivity index (χ1) is 18.0. The molecule has 7 heteroatoms. The number of hydrogen-bond acceptors (Lipinski definition) is 7. The predicted octanol–water partition coefficient (Wildman–Crippen LogP) is 4.99. The Morgan fingerprint density at radius 2 is 1.32 bits per heavy atom. The second kappa shape index (κ2) is 11.9. The number of carbonyl (C=O) groups is 2. The van der Waals surface area contributed by atoms with E-state index in [0.717, 1.165) is 16.9 Å². The van der Waals surface area contributed by atoms with Crippen molar-refractivity contribution >= 4 is 11.9 Å². The minimum Gasteiger partial charge on any atom is -0.497 e. The van der Waals surface area contributed by atoms with Crippen LogP contribution in [0.5, 0.6) is 11.5 Å². The molecular weight excluding hydrogens is 470 g/mol. The van der Waals surface area contributed by atoms with Gasteiger partial charge < -0.3 is 23.8 Å². The summed E-state index contributed by atoms with van der Waals surface area (Å²) < 4.78 is 21.7. The summed E-state index contributed by atoms with van der Waals surface area (Å²) in [6, 6.07) is 24.7. The van der Waals surface area contributed by atoms with Crippen LogP contribution in [0.1, 0.15) is 22.6 Å². The van der Waals surface area contributed by atoms with Crippen molar-refractivity contribution in [3.05, 3.63) is 119 Å². The maximum atomic E-state index is 13.0. The lowest BCUT2D eigenvalue weighted by Gasteiger charge is -2.31. The van der Waals surface area contributed by atoms with Gasteiger partial charge in [-0.25, -0.2) is 9.59 Å². The highest BCUT2D eigenvalue weighted by Gasteiger charge is 2.36. The van der Waals surface area contributed by atoms with Crippen LogP contribution in [0.15, 0.2) is 102 Å². The first kappa shape index (κ1) is 25.6. The summed E-state index contributed by atoms with van der Waals surface area (Å²) in [5.74, 6) is -0.524. The molecule has 37 heavy (non-hydrogen) atoms. The van der Waals surface area contributed by atoms with E-state index in [4.69, 9.17) is 18.9 Å². The van der Waals surface area contributed by atoms with Crippen LogP contribution in [-0.2, 0) is 32.2 Å². The van der Waals surface area contributed by atoms with E-state index in [1.807, 2.05) is 78.9 Å². The van der Waals surface area contributed by atoms with Gasteiger partial charge in [-0.15, -0.1) is 0 Å². The van der Waals surface area contributed by atoms with Crippen molar-refractivity contribution in [1.29, 1.82) is 0 Å². The Morgan fingerprint density at radius 3 is 1.92 bits per heavy atom. The lowest BCUT2D eigenvalue weighted by atomic mass is 9.82. The molecule has 0 radical (unpaired) electrons. The zero-order chi connectivity index (χ0) is 26.2. The topological polar surface area (TPSA) is 74.3 Å². The van der Waals surface area contributed by atoms with Gasteiger partial charge in [-0.2, -0.15) is 0 Å². The summed E-state index contributed by atoms with van der Waals surface area (Å²) in [7, 11) is 4.25. The third kappa shape index (κ3) is 6.01. The van der Waals surface area contributed by atoms with Gasteiger partial charge in [0.2, 0.25) is 0 Å². The van der Waals surface area contributed by atoms with Gasteiger partial charge in [0.15, 0.2) is 0 Å². The van der Waals surface area contributed by atoms with Crippen LogP contribution in [0.3, 0.4) is 0 Å². The van der Waals surface area contributed by atoms with Gasteiger partial charge >= 0.3 is 11.9 Å². The molecule has 0 unspecified atom stereocenters. The highest BCUT2D eigenvalue weighted by molar-refractivity contribution is 5.98. The first-order valence-electron chi connectivity index (χ1n) is 11.8. The molecule has 3 aromatic carbocycles. The van der Waals surface area contributed by atoms with Gasteiger partial charge in [-0.3, -0.25) is 0 Å². The summed E-state index contributed by atoms with van der Waals surface area (Å²) in [5.41, 5.74) is 3.23. The lowest BCUT2D eigenvalue weighted by molar-refractivity contribution is -0.137. The van der Waals surface area contributed by atoms with Gasteiger partial charge in [0.1, 0.15) is 18.1 Å². The minimum absolute atomic E-state index is 0.301. The van der Waals surface area contributed by atoms with Crippen molar-refractivity contribution in [1.82, 2.24) is 4.90 Å². The van der Waals surface area contributed by atoms with Crippen molar-refractivity contribution in [3.63, 3.8) is 0 Å². The predicted molar refractivity (Wildman–Crippen MR) is 139 cm³/mol. The number of para-hydroxylation sites is 1. The van der Waals surface area contributed by atoms with E-state index < -0.39 is 17.9 Å². The number of hydrogen-bond donors (Lipinski definition) is 0. The molecule has 7 nitrogen and oxygen atoms in total. The highest BCUT2D eigenvalue weighted by atomic mass is 16.5. The van der Waals surface area contributed by atoms with Crippen LogP contribution < -0.4 is 9.47 Å². The van der Waals surface area contributed by atoms with Crippen molar-refractivity contribution in [2.24, 2.45) is 0 Å². The molecule has 0 saturated carbocycles. The van der Waals surface area contributed by atoms with Crippen molar-refractivity contribution in [2.45, 2.75) is 19.1 Å². The fourth-order valence-corrected chi connectivity index (χ4v) is 4.24. The molecule has 1 aliphatic rings. The maximum Gasteiger partial charge on any atom is 0.336 e. The Balaban J connectivity index is 1.72. The molecule has 4 rings (SSSR count). The minimum atomic E-state index is -0.737. The van der Waals surface area contributed by atoms with Crippen LogP contribution in [0, 0.1) is 0 Å². The molecule has 0 saturated heterocycles. The number of methoxy groups -OCH3 is 3. The molecule has 3 aromatic rings. The molecule has 0 amide bonds. The SMILES string of the molecule is COC(=O)C1=CN(Cc2ccc(OC)cc2)C=C(C(=O)OC)C1c1ccccc1OCc1ccccc1. The van der Waals surface area contributed by atoms with E-state index in [1.54, 1.807) is 24.4 Å². The molecular formula is C30H29NO6. The highest BCUT2D eigenvalue weighted by Crippen LogP contribution is 2.41. The normalized spacial score (nSPS) is 13.3.